The molecule has 0 aliphatic carbocycles. The first kappa shape index (κ1) is 16.5. The van der Waals surface area contributed by atoms with E-state index >= 15 is 0 Å². The van der Waals surface area contributed by atoms with Crippen LogP contribution in [0.2, 0.25) is 0 Å². The monoisotopic (exact) mass is 329 g/mol. The molecule has 3 aromatic carbocycles. The molecule has 3 aromatic rings. The van der Waals surface area contributed by atoms with Crippen molar-refractivity contribution in [2.24, 2.45) is 0 Å². The van der Waals surface area contributed by atoms with Gasteiger partial charge < -0.3 is 4.74 Å². The Balaban J connectivity index is 1.64. The largest absolute Gasteiger partial charge is 0.437 e. The van der Waals surface area contributed by atoms with Gasteiger partial charge >= 0.3 is 6.09 Å². The van der Waals surface area contributed by atoms with Crippen LogP contribution in [-0.4, -0.2) is 6.09 Å². The number of nitrogens with one attached hydrogen (secondary N) is 1. The lowest BCUT2D eigenvalue weighted by Gasteiger charge is -2.15. The zero-order chi connectivity index (χ0) is 17.5. The molecule has 0 spiro atoms. The fourth-order valence-corrected chi connectivity index (χ4v) is 2.53. The van der Waals surface area contributed by atoms with Crippen LogP contribution in [0.3, 0.4) is 0 Å². The normalized spacial score (nSPS) is 11.4. The maximum atomic E-state index is 12.1. The molecule has 0 aromatic heterocycles. The average Bonchev–Trinajstić information content (AvgIpc) is 2.68. The Morgan fingerprint density at radius 1 is 0.840 bits per heavy atom. The summed E-state index contributed by atoms with van der Waals surface area (Å²) >= 11 is 0. The van der Waals surface area contributed by atoms with Gasteiger partial charge in [-0.2, -0.15) is 0 Å². The van der Waals surface area contributed by atoms with Crippen LogP contribution in [0.25, 0.3) is 11.1 Å². The summed E-state index contributed by atoms with van der Waals surface area (Å²) in [5.74, 6) is 0. The van der Waals surface area contributed by atoms with Crippen molar-refractivity contribution in [3.05, 3.63) is 103 Å². The van der Waals surface area contributed by atoms with Crippen LogP contribution >= 0.6 is 0 Å². The van der Waals surface area contributed by atoms with E-state index in [0.717, 1.165) is 16.7 Å². The second kappa shape index (κ2) is 7.97. The highest BCUT2D eigenvalue weighted by molar-refractivity contribution is 5.85. The van der Waals surface area contributed by atoms with Crippen molar-refractivity contribution < 1.29 is 9.53 Å². The first-order valence-corrected chi connectivity index (χ1v) is 8.07. The van der Waals surface area contributed by atoms with Crippen molar-refractivity contribution in [3.63, 3.8) is 0 Å². The van der Waals surface area contributed by atoms with Crippen molar-refractivity contribution in [1.82, 2.24) is 0 Å². The zero-order valence-electron chi connectivity index (χ0n) is 13.8. The predicted molar refractivity (Wildman–Crippen MR) is 101 cm³/mol. The van der Waals surface area contributed by atoms with Gasteiger partial charge in [0.15, 0.2) is 0 Å². The lowest BCUT2D eigenvalue weighted by molar-refractivity contribution is 0.134. The van der Waals surface area contributed by atoms with Crippen LogP contribution < -0.4 is 5.32 Å². The topological polar surface area (TPSA) is 38.3 Å². The Bertz CT molecular complexity index is 827. The smallest absolute Gasteiger partial charge is 0.412 e. The Morgan fingerprint density at radius 2 is 1.40 bits per heavy atom. The minimum Gasteiger partial charge on any atom is -0.437 e. The molecule has 1 atom stereocenters. The Labute approximate surface area is 147 Å². The maximum absolute atomic E-state index is 12.1. The summed E-state index contributed by atoms with van der Waals surface area (Å²) in [6.45, 7) is 3.74. The number of hydrogen-bond acceptors (Lipinski definition) is 2. The van der Waals surface area contributed by atoms with E-state index < -0.39 is 12.2 Å². The van der Waals surface area contributed by atoms with Gasteiger partial charge in [0.1, 0.15) is 6.10 Å². The third kappa shape index (κ3) is 4.36. The summed E-state index contributed by atoms with van der Waals surface area (Å²) in [7, 11) is 0. The quantitative estimate of drug-likeness (QED) is 0.598. The van der Waals surface area contributed by atoms with Gasteiger partial charge in [-0.25, -0.2) is 4.79 Å². The molecule has 124 valence electrons. The van der Waals surface area contributed by atoms with Crippen molar-refractivity contribution in [2.45, 2.75) is 6.10 Å². The SMILES string of the molecule is C=C[C@@H](OC(=O)Nc1ccc(-c2ccccc2)cc1)c1ccccc1. The first-order chi connectivity index (χ1) is 12.3. The van der Waals surface area contributed by atoms with E-state index in [4.69, 9.17) is 4.74 Å². The third-order valence-corrected chi connectivity index (χ3v) is 3.81. The highest BCUT2D eigenvalue weighted by Gasteiger charge is 2.13. The molecular weight excluding hydrogens is 310 g/mol. The van der Waals surface area contributed by atoms with Crippen molar-refractivity contribution in [1.29, 1.82) is 0 Å². The minimum atomic E-state index is -0.513. The molecule has 1 N–H and O–H groups in total. The predicted octanol–water partition coefficient (Wildman–Crippen LogP) is 5.83. The molecule has 0 aliphatic heterocycles. The van der Waals surface area contributed by atoms with Gasteiger partial charge in [-0.15, -0.1) is 0 Å². The molecule has 0 saturated carbocycles. The second-order valence-electron chi connectivity index (χ2n) is 5.54. The number of anilines is 1. The molecule has 0 heterocycles. The number of rotatable bonds is 5. The van der Waals surface area contributed by atoms with Crippen LogP contribution in [0.1, 0.15) is 11.7 Å². The Hall–Kier alpha value is -3.33. The molecule has 3 heteroatoms. The molecular formula is C22H19NO2. The van der Waals surface area contributed by atoms with Gasteiger partial charge in [0.05, 0.1) is 0 Å². The molecule has 0 saturated heterocycles. The van der Waals surface area contributed by atoms with E-state index in [2.05, 4.69) is 11.9 Å². The van der Waals surface area contributed by atoms with Crippen LogP contribution in [0.4, 0.5) is 10.5 Å². The average molecular weight is 329 g/mol. The molecule has 0 fully saturated rings. The van der Waals surface area contributed by atoms with E-state index in [9.17, 15) is 4.79 Å². The highest BCUT2D eigenvalue weighted by Crippen LogP contribution is 2.22. The summed E-state index contributed by atoms with van der Waals surface area (Å²) in [5, 5.41) is 2.75. The lowest BCUT2D eigenvalue weighted by Crippen LogP contribution is -2.16. The Kier molecular flexibility index (Phi) is 5.27. The van der Waals surface area contributed by atoms with E-state index in [1.54, 1.807) is 6.08 Å². The second-order valence-corrected chi connectivity index (χ2v) is 5.54. The van der Waals surface area contributed by atoms with E-state index in [-0.39, 0.29) is 0 Å². The molecule has 3 nitrogen and oxygen atoms in total. The number of benzene rings is 3. The number of amides is 1. The fourth-order valence-electron chi connectivity index (χ4n) is 2.53. The molecule has 1 amide bonds. The first-order valence-electron chi connectivity index (χ1n) is 8.07. The van der Waals surface area contributed by atoms with E-state index in [1.807, 2.05) is 84.9 Å². The number of hydrogen-bond donors (Lipinski definition) is 1. The van der Waals surface area contributed by atoms with Crippen molar-refractivity contribution >= 4 is 11.8 Å². The third-order valence-electron chi connectivity index (χ3n) is 3.81. The molecule has 0 unspecified atom stereocenters. The number of carbonyl (C=O) groups is 1. The summed E-state index contributed by atoms with van der Waals surface area (Å²) in [4.78, 5) is 12.1. The number of carbonyl (C=O) groups excluding carboxylic acids is 1. The molecule has 0 radical (unpaired) electrons. The lowest BCUT2D eigenvalue weighted by atomic mass is 10.1. The summed E-state index contributed by atoms with van der Waals surface area (Å²) in [5.41, 5.74) is 3.79. The molecule has 0 bridgehead atoms. The summed E-state index contributed by atoms with van der Waals surface area (Å²) in [6, 6.07) is 27.2. The summed E-state index contributed by atoms with van der Waals surface area (Å²) < 4.78 is 5.44. The fraction of sp³-hybridized carbons (Fsp3) is 0.0455. The minimum absolute atomic E-state index is 0.482. The van der Waals surface area contributed by atoms with Crippen LogP contribution in [0.5, 0.6) is 0 Å². The molecule has 25 heavy (non-hydrogen) atoms. The van der Waals surface area contributed by atoms with Gasteiger partial charge in [-0.05, 0) is 34.9 Å². The van der Waals surface area contributed by atoms with Crippen LogP contribution in [-0.2, 0) is 4.74 Å². The Morgan fingerprint density at radius 3 is 2.00 bits per heavy atom. The van der Waals surface area contributed by atoms with Gasteiger partial charge in [0.25, 0.3) is 0 Å². The van der Waals surface area contributed by atoms with E-state index in [0.29, 0.717) is 5.69 Å². The highest BCUT2D eigenvalue weighted by atomic mass is 16.6. The van der Waals surface area contributed by atoms with Gasteiger partial charge in [-0.1, -0.05) is 79.4 Å². The van der Waals surface area contributed by atoms with Gasteiger partial charge in [0, 0.05) is 5.69 Å². The maximum Gasteiger partial charge on any atom is 0.412 e. The van der Waals surface area contributed by atoms with Crippen LogP contribution in [0.15, 0.2) is 97.6 Å². The summed E-state index contributed by atoms with van der Waals surface area (Å²) in [6.07, 6.45) is 0.610. The van der Waals surface area contributed by atoms with Crippen LogP contribution in [0, 0.1) is 0 Å². The number of ether oxygens (including phenoxy) is 1. The van der Waals surface area contributed by atoms with Crippen molar-refractivity contribution in [2.75, 3.05) is 5.32 Å². The van der Waals surface area contributed by atoms with Gasteiger partial charge in [-0.3, -0.25) is 5.32 Å². The zero-order valence-corrected chi connectivity index (χ0v) is 13.8. The van der Waals surface area contributed by atoms with E-state index in [1.165, 1.54) is 0 Å². The van der Waals surface area contributed by atoms with Crippen molar-refractivity contribution in [3.8, 4) is 11.1 Å². The molecule has 3 rings (SSSR count). The van der Waals surface area contributed by atoms with Gasteiger partial charge in [0.2, 0.25) is 0 Å². The standard InChI is InChI=1S/C22H19NO2/c1-2-21(19-11-7-4-8-12-19)25-22(24)23-20-15-13-18(14-16-20)17-9-5-3-6-10-17/h2-16,21H,1H2,(H,23,24)/t21-/m1/s1. The molecule has 0 aliphatic rings.